The molecule has 1 amide bonds. The summed E-state index contributed by atoms with van der Waals surface area (Å²) in [5.74, 6) is -1.39. The lowest BCUT2D eigenvalue weighted by Crippen LogP contribution is -2.21. The fraction of sp³-hybridized carbons (Fsp3) is 0.0714. The first kappa shape index (κ1) is 13.5. The van der Waals surface area contributed by atoms with Gasteiger partial charge in [-0.25, -0.2) is 4.39 Å². The van der Waals surface area contributed by atoms with Gasteiger partial charge in [-0.15, -0.1) is 0 Å². The highest BCUT2D eigenvalue weighted by Gasteiger charge is 2.19. The zero-order valence-corrected chi connectivity index (χ0v) is 10.6. The van der Waals surface area contributed by atoms with Crippen LogP contribution in [0.3, 0.4) is 0 Å². The van der Waals surface area contributed by atoms with Crippen LogP contribution in [0.15, 0.2) is 42.5 Å². The number of carbonyl (C=O) groups excluding carboxylic acids is 1. The predicted octanol–water partition coefficient (Wildman–Crippen LogP) is 2.66. The number of amides is 1. The Hall–Kier alpha value is -1.91. The Labute approximate surface area is 114 Å². The summed E-state index contributed by atoms with van der Waals surface area (Å²) in [5.41, 5.74) is 5.92. The van der Waals surface area contributed by atoms with Crippen molar-refractivity contribution in [1.29, 1.82) is 0 Å². The summed E-state index contributed by atoms with van der Waals surface area (Å²) < 4.78 is 13.8. The van der Waals surface area contributed by atoms with Crippen molar-refractivity contribution in [3.05, 3.63) is 58.9 Å². The lowest BCUT2D eigenvalue weighted by molar-refractivity contribution is -0.126. The smallest absolute Gasteiger partial charge is 0.250 e. The number of hydrogen-bond donors (Lipinski definition) is 2. The van der Waals surface area contributed by atoms with Gasteiger partial charge in [0.1, 0.15) is 5.82 Å². The Morgan fingerprint density at radius 3 is 2.58 bits per heavy atom. The van der Waals surface area contributed by atoms with E-state index in [4.69, 9.17) is 17.3 Å². The molecule has 2 aromatic rings. The molecule has 19 heavy (non-hydrogen) atoms. The molecule has 1 unspecified atom stereocenters. The standard InChI is InChI=1S/C14H11ClFNO2/c15-8-5-6-12(16)11(7-8)9-3-1-2-4-10(9)13(18)14(17)19/h1-7,13,18H,(H2,17,19). The van der Waals surface area contributed by atoms with Crippen molar-refractivity contribution in [2.24, 2.45) is 5.73 Å². The summed E-state index contributed by atoms with van der Waals surface area (Å²) in [5, 5.41) is 10.1. The van der Waals surface area contributed by atoms with E-state index in [-0.39, 0.29) is 11.1 Å². The number of carbonyl (C=O) groups is 1. The summed E-state index contributed by atoms with van der Waals surface area (Å²) in [6.07, 6.45) is -1.49. The van der Waals surface area contributed by atoms with Gasteiger partial charge in [-0.05, 0) is 29.3 Å². The van der Waals surface area contributed by atoms with Crippen molar-refractivity contribution in [3.8, 4) is 11.1 Å². The quantitative estimate of drug-likeness (QED) is 0.907. The molecule has 0 heterocycles. The molecule has 0 aliphatic rings. The average Bonchev–Trinajstić information content (AvgIpc) is 2.40. The van der Waals surface area contributed by atoms with Crippen LogP contribution in [-0.4, -0.2) is 11.0 Å². The van der Waals surface area contributed by atoms with E-state index in [2.05, 4.69) is 0 Å². The molecule has 0 saturated carbocycles. The molecule has 2 rings (SSSR count). The van der Waals surface area contributed by atoms with E-state index in [9.17, 15) is 14.3 Å². The molecule has 0 bridgehead atoms. The van der Waals surface area contributed by atoms with Crippen LogP contribution in [0, 0.1) is 5.82 Å². The van der Waals surface area contributed by atoms with Crippen LogP contribution in [-0.2, 0) is 4.79 Å². The van der Waals surface area contributed by atoms with E-state index in [1.165, 1.54) is 24.3 Å². The van der Waals surface area contributed by atoms with Gasteiger partial charge in [0.15, 0.2) is 6.10 Å². The maximum Gasteiger partial charge on any atom is 0.250 e. The number of aliphatic hydroxyl groups excluding tert-OH is 1. The summed E-state index contributed by atoms with van der Waals surface area (Å²) in [4.78, 5) is 11.1. The first-order valence-corrected chi connectivity index (χ1v) is 5.90. The van der Waals surface area contributed by atoms with Gasteiger partial charge in [0, 0.05) is 10.6 Å². The monoisotopic (exact) mass is 279 g/mol. The zero-order valence-electron chi connectivity index (χ0n) is 9.81. The summed E-state index contributed by atoms with van der Waals surface area (Å²) >= 11 is 5.84. The van der Waals surface area contributed by atoms with Gasteiger partial charge in [0.05, 0.1) is 0 Å². The minimum Gasteiger partial charge on any atom is -0.378 e. The first-order chi connectivity index (χ1) is 9.00. The van der Waals surface area contributed by atoms with Gasteiger partial charge >= 0.3 is 0 Å². The lowest BCUT2D eigenvalue weighted by atomic mass is 9.95. The topological polar surface area (TPSA) is 63.3 Å². The van der Waals surface area contributed by atoms with Gasteiger partial charge in [-0.3, -0.25) is 4.79 Å². The number of hydrogen-bond acceptors (Lipinski definition) is 2. The van der Waals surface area contributed by atoms with Gasteiger partial charge in [-0.2, -0.15) is 0 Å². The largest absolute Gasteiger partial charge is 0.378 e. The summed E-state index contributed by atoms with van der Waals surface area (Å²) in [6, 6.07) is 10.5. The number of aliphatic hydroxyl groups is 1. The second kappa shape index (κ2) is 5.38. The third-order valence-corrected chi connectivity index (χ3v) is 2.98. The number of halogens is 2. The maximum atomic E-state index is 13.8. The van der Waals surface area contributed by atoms with Crippen LogP contribution in [0.4, 0.5) is 4.39 Å². The van der Waals surface area contributed by atoms with Gasteiger partial charge in [-0.1, -0.05) is 35.9 Å². The number of benzene rings is 2. The van der Waals surface area contributed by atoms with Gasteiger partial charge in [0.2, 0.25) is 0 Å². The van der Waals surface area contributed by atoms with Crippen LogP contribution >= 0.6 is 11.6 Å². The van der Waals surface area contributed by atoms with Crippen molar-refractivity contribution in [1.82, 2.24) is 0 Å². The molecular weight excluding hydrogens is 269 g/mol. The van der Waals surface area contributed by atoms with Crippen LogP contribution in [0.2, 0.25) is 5.02 Å². The van der Waals surface area contributed by atoms with Gasteiger partial charge < -0.3 is 10.8 Å². The van der Waals surface area contributed by atoms with Crippen molar-refractivity contribution in [2.75, 3.05) is 0 Å². The van der Waals surface area contributed by atoms with E-state index in [0.717, 1.165) is 0 Å². The Morgan fingerprint density at radius 2 is 1.89 bits per heavy atom. The fourth-order valence-corrected chi connectivity index (χ4v) is 2.01. The molecule has 0 radical (unpaired) electrons. The Morgan fingerprint density at radius 1 is 1.21 bits per heavy atom. The Balaban J connectivity index is 2.62. The molecule has 1 atom stereocenters. The molecule has 0 fully saturated rings. The average molecular weight is 280 g/mol. The molecule has 3 N–H and O–H groups in total. The third-order valence-electron chi connectivity index (χ3n) is 2.74. The molecule has 3 nitrogen and oxygen atoms in total. The molecule has 98 valence electrons. The second-order valence-electron chi connectivity index (χ2n) is 4.02. The lowest BCUT2D eigenvalue weighted by Gasteiger charge is -2.13. The zero-order chi connectivity index (χ0) is 14.0. The van der Waals surface area contributed by atoms with E-state index in [0.29, 0.717) is 10.6 Å². The number of rotatable bonds is 3. The summed E-state index contributed by atoms with van der Waals surface area (Å²) in [7, 11) is 0. The molecule has 0 aliphatic heterocycles. The van der Waals surface area contributed by atoms with Crippen LogP contribution < -0.4 is 5.73 Å². The fourth-order valence-electron chi connectivity index (χ4n) is 1.84. The normalized spacial score (nSPS) is 12.2. The van der Waals surface area contributed by atoms with Gasteiger partial charge in [0.25, 0.3) is 5.91 Å². The van der Waals surface area contributed by atoms with E-state index < -0.39 is 17.8 Å². The number of nitrogens with two attached hydrogens (primary N) is 1. The maximum absolute atomic E-state index is 13.8. The summed E-state index contributed by atoms with van der Waals surface area (Å²) in [6.45, 7) is 0. The van der Waals surface area contributed by atoms with E-state index in [1.807, 2.05) is 0 Å². The predicted molar refractivity (Wildman–Crippen MR) is 71.0 cm³/mol. The highest BCUT2D eigenvalue weighted by Crippen LogP contribution is 2.31. The molecule has 2 aromatic carbocycles. The molecular formula is C14H11ClFNO2. The molecule has 5 heteroatoms. The van der Waals surface area contributed by atoms with Crippen molar-refractivity contribution < 1.29 is 14.3 Å². The van der Waals surface area contributed by atoms with Crippen molar-refractivity contribution >= 4 is 17.5 Å². The number of primary amides is 1. The molecule has 0 saturated heterocycles. The minimum atomic E-state index is -1.49. The van der Waals surface area contributed by atoms with E-state index in [1.54, 1.807) is 18.2 Å². The highest BCUT2D eigenvalue weighted by molar-refractivity contribution is 6.30. The van der Waals surface area contributed by atoms with Crippen LogP contribution in [0.1, 0.15) is 11.7 Å². The molecule has 0 aliphatic carbocycles. The third kappa shape index (κ3) is 2.75. The van der Waals surface area contributed by atoms with Crippen LogP contribution in [0.25, 0.3) is 11.1 Å². The molecule has 0 spiro atoms. The SMILES string of the molecule is NC(=O)C(O)c1ccccc1-c1cc(Cl)ccc1F. The second-order valence-corrected chi connectivity index (χ2v) is 4.45. The van der Waals surface area contributed by atoms with Crippen molar-refractivity contribution in [2.45, 2.75) is 6.10 Å². The van der Waals surface area contributed by atoms with Crippen LogP contribution in [0.5, 0.6) is 0 Å². The van der Waals surface area contributed by atoms with Crippen molar-refractivity contribution in [3.63, 3.8) is 0 Å². The molecule has 0 aromatic heterocycles. The highest BCUT2D eigenvalue weighted by atomic mass is 35.5. The first-order valence-electron chi connectivity index (χ1n) is 5.52. The van der Waals surface area contributed by atoms with E-state index >= 15 is 0 Å². The Bertz CT molecular complexity index is 631. The Kier molecular flexibility index (Phi) is 3.83. The minimum absolute atomic E-state index is 0.211.